The van der Waals surface area contributed by atoms with E-state index in [0.717, 1.165) is 12.1 Å². The van der Waals surface area contributed by atoms with Crippen molar-refractivity contribution in [2.45, 2.75) is 19.9 Å². The molecule has 6 heteroatoms. The molecule has 0 aromatic carbocycles. The Morgan fingerprint density at radius 3 is 2.75 bits per heavy atom. The molecule has 104 valence electrons. The van der Waals surface area contributed by atoms with E-state index in [4.69, 9.17) is 0 Å². The second-order valence-corrected chi connectivity index (χ2v) is 4.23. The molecule has 2 aromatic heterocycles. The summed E-state index contributed by atoms with van der Waals surface area (Å²) in [7, 11) is 0. The standard InChI is InChI=1S/C14H17N5O/c1-2-8-16-14(20)12-6-7-13(19-18-12)17-10-11-5-3-4-9-15-11/h3-7,9H,2,8,10H2,1H3,(H,16,20)(H,17,19). The SMILES string of the molecule is CCCNC(=O)c1ccc(NCc2ccccn2)nn1. The van der Waals surface area contributed by atoms with E-state index in [9.17, 15) is 4.79 Å². The molecule has 0 unspecified atom stereocenters. The summed E-state index contributed by atoms with van der Waals surface area (Å²) >= 11 is 0. The molecule has 2 rings (SSSR count). The lowest BCUT2D eigenvalue weighted by Gasteiger charge is -2.05. The predicted octanol–water partition coefficient (Wildman–Crippen LogP) is 1.62. The molecule has 0 aliphatic rings. The summed E-state index contributed by atoms with van der Waals surface area (Å²) in [6.07, 6.45) is 2.63. The zero-order chi connectivity index (χ0) is 14.2. The van der Waals surface area contributed by atoms with Crippen LogP contribution >= 0.6 is 0 Å². The average Bonchev–Trinajstić information content (AvgIpc) is 2.52. The van der Waals surface area contributed by atoms with Crippen molar-refractivity contribution in [3.05, 3.63) is 47.9 Å². The number of nitrogens with one attached hydrogen (secondary N) is 2. The molecule has 1 amide bonds. The van der Waals surface area contributed by atoms with Crippen LogP contribution in [-0.2, 0) is 6.54 Å². The lowest BCUT2D eigenvalue weighted by atomic mass is 10.3. The Kier molecular flexibility index (Phi) is 5.00. The second kappa shape index (κ2) is 7.18. The Hall–Kier alpha value is -2.50. The van der Waals surface area contributed by atoms with Crippen LogP contribution in [0, 0.1) is 0 Å². The van der Waals surface area contributed by atoms with Crippen LogP contribution in [0.15, 0.2) is 36.5 Å². The van der Waals surface area contributed by atoms with Crippen molar-refractivity contribution in [3.63, 3.8) is 0 Å². The zero-order valence-electron chi connectivity index (χ0n) is 11.3. The number of carbonyl (C=O) groups excluding carboxylic acids is 1. The highest BCUT2D eigenvalue weighted by atomic mass is 16.1. The molecule has 0 radical (unpaired) electrons. The van der Waals surface area contributed by atoms with Gasteiger partial charge in [-0.15, -0.1) is 10.2 Å². The predicted molar refractivity (Wildman–Crippen MR) is 76.2 cm³/mol. The van der Waals surface area contributed by atoms with Crippen LogP contribution in [0.25, 0.3) is 0 Å². The van der Waals surface area contributed by atoms with Gasteiger partial charge in [0, 0.05) is 12.7 Å². The first-order valence-corrected chi connectivity index (χ1v) is 6.55. The van der Waals surface area contributed by atoms with E-state index in [-0.39, 0.29) is 5.91 Å². The van der Waals surface area contributed by atoms with Gasteiger partial charge in [0.25, 0.3) is 5.91 Å². The van der Waals surface area contributed by atoms with Gasteiger partial charge in [0.15, 0.2) is 5.69 Å². The molecule has 2 N–H and O–H groups in total. The maximum absolute atomic E-state index is 11.7. The number of amides is 1. The second-order valence-electron chi connectivity index (χ2n) is 4.23. The van der Waals surface area contributed by atoms with E-state index >= 15 is 0 Å². The van der Waals surface area contributed by atoms with Gasteiger partial charge < -0.3 is 10.6 Å². The van der Waals surface area contributed by atoms with Crippen molar-refractivity contribution in [1.82, 2.24) is 20.5 Å². The number of pyridine rings is 1. The molecule has 0 aliphatic carbocycles. The molecule has 2 heterocycles. The Morgan fingerprint density at radius 1 is 1.20 bits per heavy atom. The number of rotatable bonds is 6. The van der Waals surface area contributed by atoms with Gasteiger partial charge in [-0.05, 0) is 30.7 Å². The van der Waals surface area contributed by atoms with Crippen LogP contribution in [0.5, 0.6) is 0 Å². The normalized spacial score (nSPS) is 10.1. The van der Waals surface area contributed by atoms with Gasteiger partial charge in [0.05, 0.1) is 12.2 Å². The first-order valence-electron chi connectivity index (χ1n) is 6.55. The van der Waals surface area contributed by atoms with Gasteiger partial charge in [-0.3, -0.25) is 9.78 Å². The quantitative estimate of drug-likeness (QED) is 0.834. The van der Waals surface area contributed by atoms with Crippen LogP contribution < -0.4 is 10.6 Å². The molecule has 0 saturated heterocycles. The molecular formula is C14H17N5O. The molecule has 0 saturated carbocycles. The van der Waals surface area contributed by atoms with E-state index in [1.165, 1.54) is 0 Å². The van der Waals surface area contributed by atoms with Crippen LogP contribution in [0.1, 0.15) is 29.5 Å². The molecule has 0 spiro atoms. The minimum absolute atomic E-state index is 0.198. The Bertz CT molecular complexity index is 541. The fourth-order valence-corrected chi connectivity index (χ4v) is 1.56. The largest absolute Gasteiger partial charge is 0.363 e. The number of carbonyl (C=O) groups is 1. The van der Waals surface area contributed by atoms with E-state index in [2.05, 4.69) is 25.8 Å². The maximum Gasteiger partial charge on any atom is 0.271 e. The van der Waals surface area contributed by atoms with Crippen molar-refractivity contribution < 1.29 is 4.79 Å². The molecule has 0 atom stereocenters. The number of nitrogens with zero attached hydrogens (tertiary/aromatic N) is 3. The first-order chi connectivity index (χ1) is 9.79. The third-order valence-corrected chi connectivity index (χ3v) is 2.61. The van der Waals surface area contributed by atoms with E-state index in [1.807, 2.05) is 25.1 Å². The van der Waals surface area contributed by atoms with Crippen molar-refractivity contribution in [2.24, 2.45) is 0 Å². The summed E-state index contributed by atoms with van der Waals surface area (Å²) in [5.74, 6) is 0.415. The minimum Gasteiger partial charge on any atom is -0.363 e. The zero-order valence-corrected chi connectivity index (χ0v) is 11.3. The first kappa shape index (κ1) is 13.9. The molecule has 0 aliphatic heterocycles. The number of aromatic nitrogens is 3. The highest BCUT2D eigenvalue weighted by molar-refractivity contribution is 5.92. The molecule has 0 bridgehead atoms. The van der Waals surface area contributed by atoms with Gasteiger partial charge in [0.2, 0.25) is 0 Å². The minimum atomic E-state index is -0.198. The Labute approximate surface area is 117 Å². The lowest BCUT2D eigenvalue weighted by molar-refractivity contribution is 0.0947. The average molecular weight is 271 g/mol. The highest BCUT2D eigenvalue weighted by Gasteiger charge is 2.06. The Balaban J connectivity index is 1.90. The summed E-state index contributed by atoms with van der Waals surface area (Å²) in [6, 6.07) is 9.10. The number of hydrogen-bond donors (Lipinski definition) is 2. The van der Waals surface area contributed by atoms with Gasteiger partial charge >= 0.3 is 0 Å². The maximum atomic E-state index is 11.7. The monoisotopic (exact) mass is 271 g/mol. The third-order valence-electron chi connectivity index (χ3n) is 2.61. The Morgan fingerprint density at radius 2 is 2.10 bits per heavy atom. The van der Waals surface area contributed by atoms with E-state index in [0.29, 0.717) is 24.6 Å². The van der Waals surface area contributed by atoms with Crippen molar-refractivity contribution >= 4 is 11.7 Å². The van der Waals surface area contributed by atoms with Crippen molar-refractivity contribution in [2.75, 3.05) is 11.9 Å². The molecule has 2 aromatic rings. The van der Waals surface area contributed by atoms with E-state index < -0.39 is 0 Å². The number of hydrogen-bond acceptors (Lipinski definition) is 5. The van der Waals surface area contributed by atoms with Crippen LogP contribution in [0.3, 0.4) is 0 Å². The van der Waals surface area contributed by atoms with Crippen molar-refractivity contribution in [3.8, 4) is 0 Å². The summed E-state index contributed by atoms with van der Waals surface area (Å²) in [6.45, 7) is 3.20. The molecule has 20 heavy (non-hydrogen) atoms. The lowest BCUT2D eigenvalue weighted by Crippen LogP contribution is -2.25. The van der Waals surface area contributed by atoms with Crippen molar-refractivity contribution in [1.29, 1.82) is 0 Å². The summed E-state index contributed by atoms with van der Waals surface area (Å²) < 4.78 is 0. The number of anilines is 1. The van der Waals surface area contributed by atoms with Gasteiger partial charge in [-0.1, -0.05) is 13.0 Å². The molecular weight excluding hydrogens is 254 g/mol. The fraction of sp³-hybridized carbons (Fsp3) is 0.286. The van der Waals surface area contributed by atoms with Crippen LogP contribution in [0.2, 0.25) is 0 Å². The van der Waals surface area contributed by atoms with E-state index in [1.54, 1.807) is 18.3 Å². The summed E-state index contributed by atoms with van der Waals surface area (Å²) in [5.41, 5.74) is 1.24. The molecule has 0 fully saturated rings. The van der Waals surface area contributed by atoms with Crippen LogP contribution in [0.4, 0.5) is 5.82 Å². The fourth-order valence-electron chi connectivity index (χ4n) is 1.56. The third kappa shape index (κ3) is 4.01. The van der Waals surface area contributed by atoms with Crippen LogP contribution in [-0.4, -0.2) is 27.6 Å². The summed E-state index contributed by atoms with van der Waals surface area (Å²) in [5, 5.41) is 13.7. The van der Waals surface area contributed by atoms with Gasteiger partial charge in [-0.25, -0.2) is 0 Å². The smallest absolute Gasteiger partial charge is 0.271 e. The van der Waals surface area contributed by atoms with Gasteiger partial charge in [-0.2, -0.15) is 0 Å². The summed E-state index contributed by atoms with van der Waals surface area (Å²) in [4.78, 5) is 15.8. The molecule has 6 nitrogen and oxygen atoms in total. The topological polar surface area (TPSA) is 79.8 Å². The highest BCUT2D eigenvalue weighted by Crippen LogP contribution is 2.04. The van der Waals surface area contributed by atoms with Gasteiger partial charge in [0.1, 0.15) is 5.82 Å².